The van der Waals surface area contributed by atoms with Gasteiger partial charge in [-0.25, -0.2) is 9.28 Å². The first-order chi connectivity index (χ1) is 12.7. The quantitative estimate of drug-likeness (QED) is 0.543. The van der Waals surface area contributed by atoms with Gasteiger partial charge < -0.3 is 9.90 Å². The molecule has 1 amide bonds. The molecule has 0 aliphatic carbocycles. The molecular weight excluding hydrogens is 342 g/mol. The molecule has 5 nitrogen and oxygen atoms in total. The number of carbonyl (C=O) groups is 3. The van der Waals surface area contributed by atoms with E-state index in [1.54, 1.807) is 13.8 Å². The SMILES string of the molecule is CCC[N+]1(C(=O)C(=O)C(C)(C)CC)CCCC(c2ccccc2)C1C(=O)[O-]. The Bertz CT molecular complexity index is 694. The van der Waals surface area contributed by atoms with Gasteiger partial charge in [-0.3, -0.25) is 4.79 Å². The molecule has 3 unspecified atom stereocenters. The van der Waals surface area contributed by atoms with Crippen molar-refractivity contribution in [3.63, 3.8) is 0 Å². The molecule has 0 N–H and O–H groups in total. The van der Waals surface area contributed by atoms with Gasteiger partial charge in [0.05, 0.1) is 13.1 Å². The summed E-state index contributed by atoms with van der Waals surface area (Å²) in [5.41, 5.74) is 0.0895. The fourth-order valence-corrected chi connectivity index (χ4v) is 4.28. The van der Waals surface area contributed by atoms with Crippen molar-refractivity contribution in [1.29, 1.82) is 0 Å². The van der Waals surface area contributed by atoms with Gasteiger partial charge in [-0.15, -0.1) is 0 Å². The average Bonchev–Trinajstić information content (AvgIpc) is 2.67. The molecule has 1 heterocycles. The predicted molar refractivity (Wildman–Crippen MR) is 102 cm³/mol. The molecule has 5 heteroatoms. The summed E-state index contributed by atoms with van der Waals surface area (Å²) < 4.78 is -0.319. The fraction of sp³-hybridized carbons (Fsp3) is 0.591. The van der Waals surface area contributed by atoms with E-state index in [0.717, 1.165) is 5.56 Å². The van der Waals surface area contributed by atoms with Crippen LogP contribution in [-0.4, -0.2) is 41.3 Å². The zero-order chi connectivity index (χ0) is 20.2. The molecule has 27 heavy (non-hydrogen) atoms. The number of nitrogens with zero attached hydrogens (tertiary/aromatic N) is 1. The first-order valence-corrected chi connectivity index (χ1v) is 9.93. The number of likely N-dealkylation sites (tertiary alicyclic amines) is 1. The van der Waals surface area contributed by atoms with Crippen molar-refractivity contribution in [3.05, 3.63) is 35.9 Å². The van der Waals surface area contributed by atoms with Crippen LogP contribution in [0.4, 0.5) is 0 Å². The maximum atomic E-state index is 13.4. The number of piperidine rings is 1. The van der Waals surface area contributed by atoms with E-state index in [4.69, 9.17) is 0 Å². The smallest absolute Gasteiger partial charge is 0.382 e. The number of Topliss-reactive ketones (excluding diaryl/α,β-unsaturated/α-hetero) is 1. The van der Waals surface area contributed by atoms with E-state index in [1.165, 1.54) is 0 Å². The number of rotatable bonds is 7. The highest BCUT2D eigenvalue weighted by atomic mass is 16.4. The maximum Gasteiger partial charge on any atom is 0.382 e. The van der Waals surface area contributed by atoms with Crippen molar-refractivity contribution >= 4 is 17.7 Å². The molecule has 2 rings (SSSR count). The predicted octanol–water partition coefficient (Wildman–Crippen LogP) is 2.44. The lowest BCUT2D eigenvalue weighted by molar-refractivity contribution is -0.877. The second-order valence-electron chi connectivity index (χ2n) is 8.28. The standard InChI is InChI=1S/C22H31NO4/c1-5-14-23(20(25)19(24)22(3,4)6-2)15-10-13-17(18(23)21(26)27)16-11-8-7-9-12-16/h7-9,11-12,17-18H,5-6,10,13-15H2,1-4H3. The Kier molecular flexibility index (Phi) is 6.58. The molecule has 148 valence electrons. The van der Waals surface area contributed by atoms with Gasteiger partial charge in [-0.2, -0.15) is 0 Å². The van der Waals surface area contributed by atoms with E-state index in [9.17, 15) is 19.5 Å². The monoisotopic (exact) mass is 373 g/mol. The van der Waals surface area contributed by atoms with Crippen LogP contribution in [0, 0.1) is 5.41 Å². The zero-order valence-electron chi connectivity index (χ0n) is 16.9. The minimum absolute atomic E-state index is 0.319. The van der Waals surface area contributed by atoms with Crippen molar-refractivity contribution < 1.29 is 24.0 Å². The summed E-state index contributed by atoms with van der Waals surface area (Å²) in [4.78, 5) is 38.7. The second kappa shape index (κ2) is 8.34. The molecule has 3 atom stereocenters. The highest BCUT2D eigenvalue weighted by Crippen LogP contribution is 2.39. The first kappa shape index (κ1) is 21.3. The molecule has 1 fully saturated rings. The number of quaternary nitrogens is 1. The number of carboxylic acids is 1. The summed E-state index contributed by atoms with van der Waals surface area (Å²) in [7, 11) is 0. The third kappa shape index (κ3) is 3.98. The van der Waals surface area contributed by atoms with Gasteiger partial charge in [0.1, 0.15) is 12.0 Å². The minimum atomic E-state index is -1.24. The van der Waals surface area contributed by atoms with Gasteiger partial charge in [0.2, 0.25) is 0 Å². The van der Waals surface area contributed by atoms with Crippen LogP contribution in [0.15, 0.2) is 30.3 Å². The number of hydrogen-bond acceptors (Lipinski definition) is 4. The molecule has 1 aromatic carbocycles. The van der Waals surface area contributed by atoms with Crippen molar-refractivity contribution in [2.24, 2.45) is 5.41 Å². The van der Waals surface area contributed by atoms with Crippen molar-refractivity contribution in [2.75, 3.05) is 13.1 Å². The van der Waals surface area contributed by atoms with Crippen LogP contribution in [0.1, 0.15) is 64.9 Å². The number of carboxylic acid groups (broad SMARTS) is 1. The van der Waals surface area contributed by atoms with Crippen LogP contribution < -0.4 is 5.11 Å². The summed E-state index contributed by atoms with van der Waals surface area (Å²) in [6.07, 6.45) is 2.53. The van der Waals surface area contributed by atoms with E-state index >= 15 is 0 Å². The first-order valence-electron chi connectivity index (χ1n) is 9.93. The molecular formula is C22H31NO4. The normalized spacial score (nSPS) is 25.8. The van der Waals surface area contributed by atoms with Gasteiger partial charge >= 0.3 is 5.91 Å². The van der Waals surface area contributed by atoms with Gasteiger partial charge in [-0.05, 0) is 31.2 Å². The van der Waals surface area contributed by atoms with Gasteiger partial charge in [0.25, 0.3) is 5.78 Å². The number of aliphatic carboxylic acids is 1. The van der Waals surface area contributed by atoms with E-state index in [2.05, 4.69) is 0 Å². The van der Waals surface area contributed by atoms with E-state index in [0.29, 0.717) is 38.8 Å². The Morgan fingerprint density at radius 2 is 1.78 bits per heavy atom. The molecule has 1 aromatic rings. The van der Waals surface area contributed by atoms with Crippen LogP contribution in [0.3, 0.4) is 0 Å². The van der Waals surface area contributed by atoms with Gasteiger partial charge in [-0.1, -0.05) is 58.0 Å². The third-order valence-electron chi connectivity index (χ3n) is 6.17. The molecule has 1 saturated heterocycles. The molecule has 0 radical (unpaired) electrons. The summed E-state index contributed by atoms with van der Waals surface area (Å²) in [5, 5.41) is 12.3. The highest BCUT2D eigenvalue weighted by Gasteiger charge is 2.55. The Labute approximate surface area is 162 Å². The van der Waals surface area contributed by atoms with Crippen LogP contribution >= 0.6 is 0 Å². The molecule has 0 bridgehead atoms. The lowest BCUT2D eigenvalue weighted by atomic mass is 9.78. The molecule has 0 spiro atoms. The van der Waals surface area contributed by atoms with Crippen LogP contribution in [0.2, 0.25) is 0 Å². The highest BCUT2D eigenvalue weighted by molar-refractivity contribution is 6.35. The Hall–Kier alpha value is -2.01. The number of amides is 1. The number of ketones is 1. The fourth-order valence-electron chi connectivity index (χ4n) is 4.28. The second-order valence-corrected chi connectivity index (χ2v) is 8.28. The minimum Gasteiger partial charge on any atom is -0.544 e. The average molecular weight is 373 g/mol. The van der Waals surface area contributed by atoms with E-state index in [1.807, 2.05) is 44.2 Å². The molecule has 1 aliphatic heterocycles. The molecule has 0 saturated carbocycles. The largest absolute Gasteiger partial charge is 0.544 e. The molecule has 0 aromatic heterocycles. The topological polar surface area (TPSA) is 74.3 Å². The summed E-state index contributed by atoms with van der Waals surface area (Å²) in [6.45, 7) is 8.01. The van der Waals surface area contributed by atoms with E-state index in [-0.39, 0.29) is 10.4 Å². The number of hydrogen-bond donors (Lipinski definition) is 0. The summed E-state index contributed by atoms with van der Waals surface area (Å²) in [6, 6.07) is 8.39. The summed E-state index contributed by atoms with van der Waals surface area (Å²) in [5.74, 6) is -2.62. The lowest BCUT2D eigenvalue weighted by Gasteiger charge is -2.49. The zero-order valence-corrected chi connectivity index (χ0v) is 16.9. The van der Waals surface area contributed by atoms with Crippen LogP contribution in [0.5, 0.6) is 0 Å². The Balaban J connectivity index is 2.56. The Morgan fingerprint density at radius 1 is 1.15 bits per heavy atom. The lowest BCUT2D eigenvalue weighted by Crippen LogP contribution is -2.71. The molecule has 1 aliphatic rings. The van der Waals surface area contributed by atoms with Crippen molar-refractivity contribution in [1.82, 2.24) is 0 Å². The third-order valence-corrected chi connectivity index (χ3v) is 6.17. The van der Waals surface area contributed by atoms with Gasteiger partial charge in [0, 0.05) is 11.3 Å². The van der Waals surface area contributed by atoms with Crippen molar-refractivity contribution in [2.45, 2.75) is 65.3 Å². The van der Waals surface area contributed by atoms with Crippen LogP contribution in [-0.2, 0) is 14.4 Å². The maximum absolute atomic E-state index is 13.4. The van der Waals surface area contributed by atoms with Gasteiger partial charge in [0.15, 0.2) is 0 Å². The van der Waals surface area contributed by atoms with E-state index < -0.39 is 29.1 Å². The summed E-state index contributed by atoms with van der Waals surface area (Å²) >= 11 is 0. The Morgan fingerprint density at radius 3 is 2.30 bits per heavy atom. The number of benzene rings is 1. The van der Waals surface area contributed by atoms with Crippen molar-refractivity contribution in [3.8, 4) is 0 Å². The van der Waals surface area contributed by atoms with Crippen LogP contribution in [0.25, 0.3) is 0 Å². The number of carbonyl (C=O) groups excluding carboxylic acids is 3.